The smallest absolute Gasteiger partial charge is 0.234 e. The highest BCUT2D eigenvalue weighted by Crippen LogP contribution is 2.25. The molecular formula is C23H32N2O. The van der Waals surface area contributed by atoms with Crippen molar-refractivity contribution >= 4 is 5.91 Å². The number of carbonyl (C=O) groups excluding carboxylic acids is 1. The molecule has 2 rings (SSSR count). The van der Waals surface area contributed by atoms with Crippen LogP contribution in [0.4, 0.5) is 0 Å². The number of rotatable bonds is 11. The van der Waals surface area contributed by atoms with Gasteiger partial charge in [0.25, 0.3) is 0 Å². The van der Waals surface area contributed by atoms with E-state index in [2.05, 4.69) is 48.7 Å². The van der Waals surface area contributed by atoms with Gasteiger partial charge in [0.2, 0.25) is 5.91 Å². The van der Waals surface area contributed by atoms with Gasteiger partial charge < -0.3 is 10.6 Å². The summed E-state index contributed by atoms with van der Waals surface area (Å²) in [7, 11) is 0. The van der Waals surface area contributed by atoms with Crippen LogP contribution in [-0.4, -0.2) is 19.0 Å². The van der Waals surface area contributed by atoms with Crippen LogP contribution in [-0.2, 0) is 16.8 Å². The van der Waals surface area contributed by atoms with Crippen molar-refractivity contribution in [2.45, 2.75) is 51.5 Å². The minimum absolute atomic E-state index is 0.0442. The monoisotopic (exact) mass is 352 g/mol. The van der Waals surface area contributed by atoms with E-state index in [4.69, 9.17) is 0 Å². The Morgan fingerprint density at radius 2 is 1.58 bits per heavy atom. The average molecular weight is 353 g/mol. The van der Waals surface area contributed by atoms with E-state index in [1.165, 1.54) is 24.8 Å². The van der Waals surface area contributed by atoms with Crippen molar-refractivity contribution in [2.75, 3.05) is 13.1 Å². The fraction of sp³-hybridized carbons (Fsp3) is 0.435. The number of hydrogen-bond acceptors (Lipinski definition) is 2. The summed E-state index contributed by atoms with van der Waals surface area (Å²) >= 11 is 0. The zero-order valence-corrected chi connectivity index (χ0v) is 16.1. The second-order valence-electron chi connectivity index (χ2n) is 7.15. The summed E-state index contributed by atoms with van der Waals surface area (Å²) in [6.45, 7) is 5.57. The van der Waals surface area contributed by atoms with Crippen LogP contribution in [0.5, 0.6) is 0 Å². The van der Waals surface area contributed by atoms with Crippen molar-refractivity contribution in [3.8, 4) is 0 Å². The molecule has 140 valence electrons. The maximum atomic E-state index is 12.5. The van der Waals surface area contributed by atoms with Gasteiger partial charge in [-0.05, 0) is 37.4 Å². The van der Waals surface area contributed by atoms with E-state index in [0.717, 1.165) is 24.9 Å². The summed E-state index contributed by atoms with van der Waals surface area (Å²) in [4.78, 5) is 12.5. The molecule has 0 bridgehead atoms. The van der Waals surface area contributed by atoms with Crippen molar-refractivity contribution in [3.63, 3.8) is 0 Å². The van der Waals surface area contributed by atoms with Gasteiger partial charge in [0.15, 0.2) is 0 Å². The number of hydrogen-bond donors (Lipinski definition) is 2. The maximum absolute atomic E-state index is 12.5. The molecule has 0 aliphatic heterocycles. The SMILES string of the molecule is CCCCCCNCC(=O)NC(C)(Cc1ccccc1)c1ccccc1. The highest BCUT2D eigenvalue weighted by Gasteiger charge is 2.28. The molecule has 2 aromatic rings. The molecule has 26 heavy (non-hydrogen) atoms. The fourth-order valence-corrected chi connectivity index (χ4v) is 3.26. The molecule has 0 saturated heterocycles. The number of unbranched alkanes of at least 4 members (excludes halogenated alkanes) is 3. The Kier molecular flexibility index (Phi) is 8.36. The van der Waals surface area contributed by atoms with Crippen molar-refractivity contribution < 1.29 is 4.79 Å². The molecule has 0 radical (unpaired) electrons. The minimum atomic E-state index is -0.427. The standard InChI is InChI=1S/C23H32N2O/c1-3-4-5-12-17-24-19-22(26)25-23(2,21-15-10-7-11-16-21)18-20-13-8-6-9-14-20/h6-11,13-16,24H,3-5,12,17-19H2,1-2H3,(H,25,26). The van der Waals surface area contributed by atoms with Gasteiger partial charge in [0.1, 0.15) is 0 Å². The predicted octanol–water partition coefficient (Wildman–Crippen LogP) is 4.43. The van der Waals surface area contributed by atoms with Gasteiger partial charge in [-0.25, -0.2) is 0 Å². The molecule has 0 aliphatic rings. The molecule has 3 heteroatoms. The summed E-state index contributed by atoms with van der Waals surface area (Å²) in [5.41, 5.74) is 1.91. The third-order valence-electron chi connectivity index (χ3n) is 4.72. The van der Waals surface area contributed by atoms with Crippen LogP contribution < -0.4 is 10.6 Å². The first-order chi connectivity index (χ1) is 12.6. The Bertz CT molecular complexity index is 642. The number of carbonyl (C=O) groups is 1. The molecule has 0 aliphatic carbocycles. The molecular weight excluding hydrogens is 320 g/mol. The summed E-state index contributed by atoms with van der Waals surface area (Å²) < 4.78 is 0. The van der Waals surface area contributed by atoms with Crippen LogP contribution in [0, 0.1) is 0 Å². The van der Waals surface area contributed by atoms with Crippen LogP contribution in [0.3, 0.4) is 0 Å². The third kappa shape index (κ3) is 6.64. The van der Waals surface area contributed by atoms with E-state index in [0.29, 0.717) is 6.54 Å². The molecule has 0 saturated carbocycles. The summed E-state index contributed by atoms with van der Waals surface area (Å²) in [6.07, 6.45) is 5.61. The van der Waals surface area contributed by atoms with Gasteiger partial charge in [-0.2, -0.15) is 0 Å². The van der Waals surface area contributed by atoms with Crippen LogP contribution in [0.15, 0.2) is 60.7 Å². The second kappa shape index (κ2) is 10.8. The highest BCUT2D eigenvalue weighted by atomic mass is 16.2. The highest BCUT2D eigenvalue weighted by molar-refractivity contribution is 5.79. The van der Waals surface area contributed by atoms with E-state index in [1.807, 2.05) is 36.4 Å². The zero-order chi connectivity index (χ0) is 18.7. The van der Waals surface area contributed by atoms with Gasteiger partial charge in [-0.1, -0.05) is 86.8 Å². The fourth-order valence-electron chi connectivity index (χ4n) is 3.26. The van der Waals surface area contributed by atoms with Crippen LogP contribution in [0.25, 0.3) is 0 Å². The lowest BCUT2D eigenvalue weighted by atomic mass is 9.85. The van der Waals surface area contributed by atoms with E-state index in [-0.39, 0.29) is 5.91 Å². The predicted molar refractivity (Wildman–Crippen MR) is 109 cm³/mol. The Morgan fingerprint density at radius 3 is 2.23 bits per heavy atom. The molecule has 1 amide bonds. The Balaban J connectivity index is 1.97. The zero-order valence-electron chi connectivity index (χ0n) is 16.1. The molecule has 2 N–H and O–H groups in total. The first-order valence-electron chi connectivity index (χ1n) is 9.75. The normalized spacial score (nSPS) is 13.2. The van der Waals surface area contributed by atoms with Crippen molar-refractivity contribution in [3.05, 3.63) is 71.8 Å². The Morgan fingerprint density at radius 1 is 0.923 bits per heavy atom. The topological polar surface area (TPSA) is 41.1 Å². The minimum Gasteiger partial charge on any atom is -0.345 e. The number of amides is 1. The molecule has 0 spiro atoms. The lowest BCUT2D eigenvalue weighted by molar-refractivity contribution is -0.122. The van der Waals surface area contributed by atoms with Crippen molar-refractivity contribution in [2.24, 2.45) is 0 Å². The third-order valence-corrected chi connectivity index (χ3v) is 4.72. The van der Waals surface area contributed by atoms with E-state index < -0.39 is 5.54 Å². The van der Waals surface area contributed by atoms with Crippen LogP contribution >= 0.6 is 0 Å². The first-order valence-corrected chi connectivity index (χ1v) is 9.75. The van der Waals surface area contributed by atoms with E-state index >= 15 is 0 Å². The molecule has 2 aromatic carbocycles. The van der Waals surface area contributed by atoms with Gasteiger partial charge in [-0.3, -0.25) is 4.79 Å². The maximum Gasteiger partial charge on any atom is 0.234 e. The van der Waals surface area contributed by atoms with Crippen molar-refractivity contribution in [1.82, 2.24) is 10.6 Å². The molecule has 0 fully saturated rings. The van der Waals surface area contributed by atoms with Crippen LogP contribution in [0.1, 0.15) is 50.7 Å². The summed E-state index contributed by atoms with van der Waals surface area (Å²) in [5.74, 6) is 0.0442. The number of nitrogens with one attached hydrogen (secondary N) is 2. The number of benzene rings is 2. The Labute approximate surface area is 158 Å². The van der Waals surface area contributed by atoms with E-state index in [1.54, 1.807) is 0 Å². The average Bonchev–Trinajstić information content (AvgIpc) is 2.66. The lowest BCUT2D eigenvalue weighted by Gasteiger charge is -2.32. The van der Waals surface area contributed by atoms with Gasteiger partial charge in [0, 0.05) is 0 Å². The molecule has 1 atom stereocenters. The quantitative estimate of drug-likeness (QED) is 0.587. The lowest BCUT2D eigenvalue weighted by Crippen LogP contribution is -2.48. The van der Waals surface area contributed by atoms with Gasteiger partial charge in [0.05, 0.1) is 12.1 Å². The van der Waals surface area contributed by atoms with Gasteiger partial charge in [-0.15, -0.1) is 0 Å². The molecule has 0 aromatic heterocycles. The first kappa shape index (κ1) is 20.2. The van der Waals surface area contributed by atoms with Gasteiger partial charge >= 0.3 is 0 Å². The molecule has 0 heterocycles. The van der Waals surface area contributed by atoms with Crippen LogP contribution in [0.2, 0.25) is 0 Å². The second-order valence-corrected chi connectivity index (χ2v) is 7.15. The van der Waals surface area contributed by atoms with E-state index in [9.17, 15) is 4.79 Å². The largest absolute Gasteiger partial charge is 0.345 e. The Hall–Kier alpha value is -2.13. The molecule has 3 nitrogen and oxygen atoms in total. The molecule has 1 unspecified atom stereocenters. The summed E-state index contributed by atoms with van der Waals surface area (Å²) in [5, 5.41) is 6.53. The summed E-state index contributed by atoms with van der Waals surface area (Å²) in [6, 6.07) is 20.5. The van der Waals surface area contributed by atoms with Crippen molar-refractivity contribution in [1.29, 1.82) is 0 Å².